The number of nitrogens with zero attached hydrogens (tertiary/aromatic N) is 1. The molecule has 120 valence electrons. The molecular formula is C18H32N2O. The zero-order chi connectivity index (χ0) is 15.8. The minimum absolute atomic E-state index is 0.476. The summed E-state index contributed by atoms with van der Waals surface area (Å²) in [6, 6.07) is 9.84. The van der Waals surface area contributed by atoms with E-state index in [1.165, 1.54) is 5.56 Å². The van der Waals surface area contributed by atoms with E-state index in [2.05, 4.69) is 57.1 Å². The number of benzene rings is 1. The van der Waals surface area contributed by atoms with Crippen LogP contribution in [-0.4, -0.2) is 43.7 Å². The summed E-state index contributed by atoms with van der Waals surface area (Å²) in [5.74, 6) is 0.990. The first-order valence-electron chi connectivity index (χ1n) is 8.12. The summed E-state index contributed by atoms with van der Waals surface area (Å²) >= 11 is 0. The summed E-state index contributed by atoms with van der Waals surface area (Å²) in [6.07, 6.45) is 2.16. The predicted molar refractivity (Wildman–Crippen MR) is 91.1 cm³/mol. The second-order valence-corrected chi connectivity index (χ2v) is 5.84. The lowest BCUT2D eigenvalue weighted by atomic mass is 10.0. The number of ether oxygens (including phenoxy) is 1. The van der Waals surface area contributed by atoms with Gasteiger partial charge in [0, 0.05) is 18.1 Å². The van der Waals surface area contributed by atoms with Crippen LogP contribution in [0.15, 0.2) is 24.3 Å². The van der Waals surface area contributed by atoms with Crippen LogP contribution in [0.1, 0.15) is 39.7 Å². The molecule has 3 atom stereocenters. The number of hydrogen-bond donors (Lipinski definition) is 1. The smallest absolute Gasteiger partial charge is 0.122 e. The molecule has 0 aliphatic rings. The Kier molecular flexibility index (Phi) is 7.76. The van der Waals surface area contributed by atoms with Gasteiger partial charge in [-0.3, -0.25) is 4.90 Å². The predicted octanol–water partition coefficient (Wildman–Crippen LogP) is 3.33. The van der Waals surface area contributed by atoms with Crippen molar-refractivity contribution in [3.05, 3.63) is 29.8 Å². The third-order valence-corrected chi connectivity index (χ3v) is 4.53. The molecule has 0 spiro atoms. The Labute approximate surface area is 130 Å². The van der Waals surface area contributed by atoms with Gasteiger partial charge in [0.15, 0.2) is 0 Å². The van der Waals surface area contributed by atoms with Gasteiger partial charge in [-0.2, -0.15) is 0 Å². The van der Waals surface area contributed by atoms with Crippen molar-refractivity contribution < 1.29 is 4.74 Å². The summed E-state index contributed by atoms with van der Waals surface area (Å²) in [7, 11) is 3.97. The highest BCUT2D eigenvalue weighted by Gasteiger charge is 2.23. The van der Waals surface area contributed by atoms with Gasteiger partial charge in [0.1, 0.15) is 5.75 Å². The van der Waals surface area contributed by atoms with Gasteiger partial charge in [-0.15, -0.1) is 0 Å². The van der Waals surface area contributed by atoms with Crippen molar-refractivity contribution in [1.29, 1.82) is 0 Å². The third kappa shape index (κ3) is 5.01. The summed E-state index contributed by atoms with van der Waals surface area (Å²) in [5.41, 5.74) is 1.28. The molecule has 3 heteroatoms. The lowest BCUT2D eigenvalue weighted by Crippen LogP contribution is -2.50. The molecule has 0 aliphatic carbocycles. The Hall–Kier alpha value is -1.06. The van der Waals surface area contributed by atoms with Gasteiger partial charge in [-0.05, 0) is 51.9 Å². The Morgan fingerprint density at radius 3 is 2.43 bits per heavy atom. The number of likely N-dealkylation sites (N-methyl/N-ethyl adjacent to an activating group) is 2. The Balaban J connectivity index is 2.71. The minimum Gasteiger partial charge on any atom is -0.496 e. The van der Waals surface area contributed by atoms with E-state index in [0.717, 1.165) is 25.1 Å². The van der Waals surface area contributed by atoms with Gasteiger partial charge in [0.25, 0.3) is 0 Å². The van der Waals surface area contributed by atoms with Crippen LogP contribution in [0.5, 0.6) is 5.75 Å². The largest absolute Gasteiger partial charge is 0.496 e. The first kappa shape index (κ1) is 18.0. The standard InChI is InChI=1S/C18H32N2O/c1-7-17(19-8-2)15(4)20(5)14(3)13-16-11-9-10-12-18(16)21-6/h9-12,14-15,17,19H,7-8,13H2,1-6H3. The van der Waals surface area contributed by atoms with Gasteiger partial charge in [0.2, 0.25) is 0 Å². The summed E-state index contributed by atoms with van der Waals surface area (Å²) in [5, 5.41) is 3.59. The molecule has 21 heavy (non-hydrogen) atoms. The quantitative estimate of drug-likeness (QED) is 0.755. The molecule has 0 bridgehead atoms. The lowest BCUT2D eigenvalue weighted by molar-refractivity contribution is 0.155. The first-order chi connectivity index (χ1) is 10.0. The zero-order valence-corrected chi connectivity index (χ0v) is 14.5. The molecule has 0 aromatic heterocycles. The van der Waals surface area contributed by atoms with Crippen molar-refractivity contribution in [2.75, 3.05) is 20.7 Å². The molecule has 1 rings (SSSR count). The molecule has 1 aromatic carbocycles. The second-order valence-electron chi connectivity index (χ2n) is 5.84. The summed E-state index contributed by atoms with van der Waals surface area (Å²) in [4.78, 5) is 2.48. The fourth-order valence-electron chi connectivity index (χ4n) is 2.94. The van der Waals surface area contributed by atoms with Crippen LogP contribution in [0.2, 0.25) is 0 Å². The summed E-state index contributed by atoms with van der Waals surface area (Å²) in [6.45, 7) is 10.1. The number of hydrogen-bond acceptors (Lipinski definition) is 3. The molecule has 0 radical (unpaired) electrons. The molecule has 0 saturated heterocycles. The average molecular weight is 292 g/mol. The molecule has 0 heterocycles. The van der Waals surface area contributed by atoms with Crippen molar-refractivity contribution in [2.24, 2.45) is 0 Å². The van der Waals surface area contributed by atoms with E-state index in [1.807, 2.05) is 12.1 Å². The van der Waals surface area contributed by atoms with Gasteiger partial charge in [-0.1, -0.05) is 32.0 Å². The number of rotatable bonds is 9. The van der Waals surface area contributed by atoms with E-state index in [1.54, 1.807) is 7.11 Å². The highest BCUT2D eigenvalue weighted by molar-refractivity contribution is 5.33. The van der Waals surface area contributed by atoms with Crippen molar-refractivity contribution in [3.8, 4) is 5.75 Å². The van der Waals surface area contributed by atoms with Crippen LogP contribution in [-0.2, 0) is 6.42 Å². The van der Waals surface area contributed by atoms with Crippen molar-refractivity contribution >= 4 is 0 Å². The minimum atomic E-state index is 0.476. The third-order valence-electron chi connectivity index (χ3n) is 4.53. The normalized spacial score (nSPS) is 15.8. The molecule has 0 fully saturated rings. The van der Waals surface area contributed by atoms with Crippen molar-refractivity contribution in [2.45, 2.75) is 58.7 Å². The Morgan fingerprint density at radius 1 is 1.19 bits per heavy atom. The second kappa shape index (κ2) is 9.06. The molecule has 1 aromatic rings. The van der Waals surface area contributed by atoms with Crippen LogP contribution >= 0.6 is 0 Å². The van der Waals surface area contributed by atoms with E-state index < -0.39 is 0 Å². The fraction of sp³-hybridized carbons (Fsp3) is 0.667. The van der Waals surface area contributed by atoms with Crippen molar-refractivity contribution in [3.63, 3.8) is 0 Å². The molecule has 0 aliphatic heterocycles. The van der Waals surface area contributed by atoms with E-state index in [-0.39, 0.29) is 0 Å². The van der Waals surface area contributed by atoms with Gasteiger partial charge < -0.3 is 10.1 Å². The van der Waals surface area contributed by atoms with Crippen LogP contribution in [0.4, 0.5) is 0 Å². The SMILES string of the molecule is CCNC(CC)C(C)N(C)C(C)Cc1ccccc1OC. The van der Waals surface area contributed by atoms with E-state index >= 15 is 0 Å². The fourth-order valence-corrected chi connectivity index (χ4v) is 2.94. The monoisotopic (exact) mass is 292 g/mol. The molecular weight excluding hydrogens is 260 g/mol. The maximum Gasteiger partial charge on any atom is 0.122 e. The zero-order valence-electron chi connectivity index (χ0n) is 14.5. The molecule has 0 saturated carbocycles. The van der Waals surface area contributed by atoms with E-state index in [0.29, 0.717) is 18.1 Å². The maximum atomic E-state index is 5.46. The number of methoxy groups -OCH3 is 1. The molecule has 0 amide bonds. The Bertz CT molecular complexity index is 408. The van der Waals surface area contributed by atoms with Gasteiger partial charge in [0.05, 0.1) is 7.11 Å². The first-order valence-corrected chi connectivity index (χ1v) is 8.12. The van der Waals surface area contributed by atoms with Crippen LogP contribution < -0.4 is 10.1 Å². The van der Waals surface area contributed by atoms with Gasteiger partial charge >= 0.3 is 0 Å². The summed E-state index contributed by atoms with van der Waals surface area (Å²) < 4.78 is 5.46. The van der Waals surface area contributed by atoms with Gasteiger partial charge in [-0.25, -0.2) is 0 Å². The highest BCUT2D eigenvalue weighted by Crippen LogP contribution is 2.21. The molecule has 1 N–H and O–H groups in total. The average Bonchev–Trinajstić information content (AvgIpc) is 2.51. The van der Waals surface area contributed by atoms with Crippen LogP contribution in [0, 0.1) is 0 Å². The van der Waals surface area contributed by atoms with E-state index in [4.69, 9.17) is 4.74 Å². The maximum absolute atomic E-state index is 5.46. The van der Waals surface area contributed by atoms with Crippen LogP contribution in [0.3, 0.4) is 0 Å². The lowest BCUT2D eigenvalue weighted by Gasteiger charge is -2.36. The Morgan fingerprint density at radius 2 is 1.86 bits per heavy atom. The van der Waals surface area contributed by atoms with Crippen molar-refractivity contribution in [1.82, 2.24) is 10.2 Å². The van der Waals surface area contributed by atoms with Crippen LogP contribution in [0.25, 0.3) is 0 Å². The number of nitrogens with one attached hydrogen (secondary N) is 1. The molecule has 3 nitrogen and oxygen atoms in total. The highest BCUT2D eigenvalue weighted by atomic mass is 16.5. The topological polar surface area (TPSA) is 24.5 Å². The number of para-hydroxylation sites is 1. The molecule has 3 unspecified atom stereocenters. The van der Waals surface area contributed by atoms with E-state index in [9.17, 15) is 0 Å².